The molecular formula is C21H19NO3. The summed E-state index contributed by atoms with van der Waals surface area (Å²) in [5.41, 5.74) is 3.93. The van der Waals surface area contributed by atoms with Crippen molar-refractivity contribution in [2.24, 2.45) is 0 Å². The molecule has 4 nitrogen and oxygen atoms in total. The summed E-state index contributed by atoms with van der Waals surface area (Å²) >= 11 is 0. The number of nitrogens with zero attached hydrogens (tertiary/aromatic N) is 1. The Morgan fingerprint density at radius 2 is 1.92 bits per heavy atom. The van der Waals surface area contributed by atoms with Crippen molar-refractivity contribution in [2.45, 2.75) is 12.5 Å². The molecule has 1 aromatic heterocycles. The third kappa shape index (κ3) is 3.92. The fourth-order valence-electron chi connectivity index (χ4n) is 2.78. The summed E-state index contributed by atoms with van der Waals surface area (Å²) in [5, 5.41) is 10.4. The minimum atomic E-state index is -0.652. The van der Waals surface area contributed by atoms with Crippen LogP contribution in [0.2, 0.25) is 0 Å². The molecule has 0 amide bonds. The molecule has 1 heterocycles. The van der Waals surface area contributed by atoms with Gasteiger partial charge in [0.05, 0.1) is 18.8 Å². The molecule has 0 radical (unpaired) electrons. The second kappa shape index (κ2) is 7.73. The number of aliphatic hydroxyl groups is 1. The molecule has 0 aliphatic heterocycles. The monoisotopic (exact) mass is 333 g/mol. The molecule has 126 valence electrons. The van der Waals surface area contributed by atoms with Crippen LogP contribution in [0, 0.1) is 0 Å². The number of carbonyl (C=O) groups is 1. The van der Waals surface area contributed by atoms with Crippen molar-refractivity contribution in [1.82, 2.24) is 4.98 Å². The van der Waals surface area contributed by atoms with Crippen LogP contribution in [0.3, 0.4) is 0 Å². The van der Waals surface area contributed by atoms with Crippen molar-refractivity contribution in [2.75, 3.05) is 7.11 Å². The highest BCUT2D eigenvalue weighted by Crippen LogP contribution is 2.27. The lowest BCUT2D eigenvalue weighted by molar-refractivity contribution is 0.0601. The Kier molecular flexibility index (Phi) is 5.21. The number of methoxy groups -OCH3 is 1. The highest BCUT2D eigenvalue weighted by molar-refractivity contribution is 5.97. The molecule has 0 saturated carbocycles. The number of ether oxygens (including phenoxy) is 1. The average Bonchev–Trinajstić information content (AvgIpc) is 2.68. The number of aliphatic hydroxyl groups excluding tert-OH is 1. The van der Waals surface area contributed by atoms with Crippen LogP contribution in [0.15, 0.2) is 73.1 Å². The fourth-order valence-corrected chi connectivity index (χ4v) is 2.78. The van der Waals surface area contributed by atoms with E-state index >= 15 is 0 Å². The lowest BCUT2D eigenvalue weighted by atomic mass is 9.94. The third-order valence-corrected chi connectivity index (χ3v) is 4.07. The second-order valence-corrected chi connectivity index (χ2v) is 5.74. The van der Waals surface area contributed by atoms with Gasteiger partial charge >= 0.3 is 5.97 Å². The van der Waals surface area contributed by atoms with E-state index in [1.165, 1.54) is 7.11 Å². The van der Waals surface area contributed by atoms with E-state index in [4.69, 9.17) is 4.74 Å². The van der Waals surface area contributed by atoms with E-state index in [1.807, 2.05) is 48.5 Å². The summed E-state index contributed by atoms with van der Waals surface area (Å²) < 4.78 is 4.89. The topological polar surface area (TPSA) is 59.4 Å². The van der Waals surface area contributed by atoms with E-state index in [2.05, 4.69) is 4.98 Å². The lowest BCUT2D eigenvalue weighted by Gasteiger charge is -2.14. The molecular weight excluding hydrogens is 314 g/mol. The van der Waals surface area contributed by atoms with Gasteiger partial charge in [-0.1, -0.05) is 48.5 Å². The van der Waals surface area contributed by atoms with Gasteiger partial charge < -0.3 is 9.84 Å². The standard InChI is InChI=1S/C21H19NO3/c1-25-21(24)18-10-9-15(12-19(18)16-6-3-2-4-7-16)13-20(23)17-8-5-11-22-14-17/h2-12,14,20,23H,13H2,1H3. The van der Waals surface area contributed by atoms with Crippen molar-refractivity contribution >= 4 is 5.97 Å². The smallest absolute Gasteiger partial charge is 0.338 e. The first kappa shape index (κ1) is 16.9. The van der Waals surface area contributed by atoms with Gasteiger partial charge in [-0.2, -0.15) is 0 Å². The van der Waals surface area contributed by atoms with Crippen molar-refractivity contribution in [3.05, 3.63) is 89.7 Å². The Labute approximate surface area is 146 Å². The molecule has 2 aromatic carbocycles. The van der Waals surface area contributed by atoms with Crippen LogP contribution in [0.1, 0.15) is 27.6 Å². The highest BCUT2D eigenvalue weighted by Gasteiger charge is 2.16. The fraction of sp³-hybridized carbons (Fsp3) is 0.143. The van der Waals surface area contributed by atoms with Gasteiger partial charge in [0, 0.05) is 18.8 Å². The maximum absolute atomic E-state index is 12.1. The molecule has 3 aromatic rings. The van der Waals surface area contributed by atoms with E-state index in [0.717, 1.165) is 22.3 Å². The summed E-state index contributed by atoms with van der Waals surface area (Å²) in [6.45, 7) is 0. The average molecular weight is 333 g/mol. The molecule has 0 aliphatic rings. The van der Waals surface area contributed by atoms with Crippen molar-refractivity contribution in [1.29, 1.82) is 0 Å². The zero-order chi connectivity index (χ0) is 17.6. The number of pyridine rings is 1. The Morgan fingerprint density at radius 3 is 2.60 bits per heavy atom. The highest BCUT2D eigenvalue weighted by atomic mass is 16.5. The van der Waals surface area contributed by atoms with Gasteiger partial charge in [-0.05, 0) is 34.4 Å². The minimum absolute atomic E-state index is 0.377. The van der Waals surface area contributed by atoms with E-state index in [-0.39, 0.29) is 5.97 Å². The quantitative estimate of drug-likeness (QED) is 0.721. The molecule has 0 spiro atoms. The Bertz CT molecular complexity index is 848. The van der Waals surface area contributed by atoms with Crippen LogP contribution in [0.5, 0.6) is 0 Å². The van der Waals surface area contributed by atoms with Crippen molar-refractivity contribution < 1.29 is 14.6 Å². The van der Waals surface area contributed by atoms with Crippen LogP contribution >= 0.6 is 0 Å². The second-order valence-electron chi connectivity index (χ2n) is 5.74. The van der Waals surface area contributed by atoms with E-state index in [1.54, 1.807) is 24.5 Å². The summed E-state index contributed by atoms with van der Waals surface area (Å²) in [7, 11) is 1.37. The van der Waals surface area contributed by atoms with Gasteiger partial charge in [0.15, 0.2) is 0 Å². The van der Waals surface area contributed by atoms with E-state index < -0.39 is 6.10 Å². The van der Waals surface area contributed by atoms with E-state index in [0.29, 0.717) is 12.0 Å². The summed E-state index contributed by atoms with van der Waals surface area (Å²) in [6.07, 6.45) is 3.12. The van der Waals surface area contributed by atoms with Gasteiger partial charge in [0.1, 0.15) is 0 Å². The molecule has 4 heteroatoms. The number of hydrogen-bond donors (Lipinski definition) is 1. The Hall–Kier alpha value is -2.98. The zero-order valence-corrected chi connectivity index (χ0v) is 13.9. The van der Waals surface area contributed by atoms with Crippen LogP contribution in [-0.4, -0.2) is 23.2 Å². The molecule has 0 bridgehead atoms. The summed E-state index contributed by atoms with van der Waals surface area (Å²) in [5.74, 6) is -0.377. The maximum atomic E-state index is 12.1. The number of carbonyl (C=O) groups excluding carboxylic acids is 1. The van der Waals surface area contributed by atoms with Gasteiger partial charge in [-0.3, -0.25) is 4.98 Å². The van der Waals surface area contributed by atoms with Crippen LogP contribution in [0.25, 0.3) is 11.1 Å². The normalized spacial score (nSPS) is 11.8. The molecule has 1 atom stereocenters. The van der Waals surface area contributed by atoms with Crippen molar-refractivity contribution in [3.63, 3.8) is 0 Å². The van der Waals surface area contributed by atoms with Gasteiger partial charge in [0.25, 0.3) is 0 Å². The molecule has 1 unspecified atom stereocenters. The number of benzene rings is 2. The van der Waals surface area contributed by atoms with Crippen LogP contribution < -0.4 is 0 Å². The van der Waals surface area contributed by atoms with Crippen LogP contribution in [-0.2, 0) is 11.2 Å². The van der Waals surface area contributed by atoms with E-state index in [9.17, 15) is 9.90 Å². The first-order valence-electron chi connectivity index (χ1n) is 8.03. The molecule has 0 fully saturated rings. The zero-order valence-electron chi connectivity index (χ0n) is 13.9. The molecule has 1 N–H and O–H groups in total. The van der Waals surface area contributed by atoms with Gasteiger partial charge in [0.2, 0.25) is 0 Å². The lowest BCUT2D eigenvalue weighted by Crippen LogP contribution is -2.06. The number of rotatable bonds is 5. The van der Waals surface area contributed by atoms with Gasteiger partial charge in [-0.25, -0.2) is 4.79 Å². The molecule has 0 saturated heterocycles. The maximum Gasteiger partial charge on any atom is 0.338 e. The predicted molar refractivity (Wildman–Crippen MR) is 96.1 cm³/mol. The first-order chi connectivity index (χ1) is 12.2. The van der Waals surface area contributed by atoms with Crippen LogP contribution in [0.4, 0.5) is 0 Å². The Balaban J connectivity index is 1.95. The number of aromatic nitrogens is 1. The molecule has 0 aliphatic carbocycles. The SMILES string of the molecule is COC(=O)c1ccc(CC(O)c2cccnc2)cc1-c1ccccc1. The number of hydrogen-bond acceptors (Lipinski definition) is 4. The molecule has 3 rings (SSSR count). The number of esters is 1. The first-order valence-corrected chi connectivity index (χ1v) is 8.03. The Morgan fingerprint density at radius 1 is 1.12 bits per heavy atom. The van der Waals surface area contributed by atoms with Crippen molar-refractivity contribution in [3.8, 4) is 11.1 Å². The summed E-state index contributed by atoms with van der Waals surface area (Å²) in [4.78, 5) is 16.1. The predicted octanol–water partition coefficient (Wildman–Crippen LogP) is 3.81. The van der Waals surface area contributed by atoms with Gasteiger partial charge in [-0.15, -0.1) is 0 Å². The third-order valence-electron chi connectivity index (χ3n) is 4.07. The largest absolute Gasteiger partial charge is 0.465 e. The minimum Gasteiger partial charge on any atom is -0.465 e. The molecule has 25 heavy (non-hydrogen) atoms. The summed E-state index contributed by atoms with van der Waals surface area (Å²) in [6, 6.07) is 18.8.